The van der Waals surface area contributed by atoms with Crippen LogP contribution < -0.4 is 10.0 Å². The van der Waals surface area contributed by atoms with Crippen LogP contribution in [-0.2, 0) is 26.2 Å². The molecule has 136 valence electrons. The molecule has 0 bridgehead atoms. The van der Waals surface area contributed by atoms with Gasteiger partial charge in [-0.2, -0.15) is 0 Å². The first-order valence-electron chi connectivity index (χ1n) is 7.36. The van der Waals surface area contributed by atoms with E-state index < -0.39 is 10.0 Å². The Morgan fingerprint density at radius 3 is 2.68 bits per heavy atom. The van der Waals surface area contributed by atoms with E-state index in [9.17, 15) is 13.2 Å². The third-order valence-corrected chi connectivity index (χ3v) is 5.45. The van der Waals surface area contributed by atoms with Gasteiger partial charge in [-0.15, -0.1) is 10.2 Å². The standard InChI is InChI=1S/C14H17ClN4O4S2/c1-2-23-9-13-18-19-14(24-13)17-12(20)7-8-16-25(21,22)11-5-3-10(15)4-6-11/h3-6,16H,2,7-9H2,1H3,(H,17,19,20). The Morgan fingerprint density at radius 1 is 1.28 bits per heavy atom. The highest BCUT2D eigenvalue weighted by atomic mass is 35.5. The van der Waals surface area contributed by atoms with Crippen molar-refractivity contribution in [3.63, 3.8) is 0 Å². The van der Waals surface area contributed by atoms with Crippen molar-refractivity contribution >= 4 is 44.0 Å². The van der Waals surface area contributed by atoms with Crippen molar-refractivity contribution in [1.29, 1.82) is 0 Å². The Bertz CT molecular complexity index is 808. The molecule has 0 aliphatic rings. The van der Waals surface area contributed by atoms with E-state index in [2.05, 4.69) is 20.2 Å². The van der Waals surface area contributed by atoms with Crippen LogP contribution in [0, 0.1) is 0 Å². The SMILES string of the molecule is CCOCc1nnc(NC(=O)CCNS(=O)(=O)c2ccc(Cl)cc2)s1. The molecule has 2 aromatic rings. The van der Waals surface area contributed by atoms with Crippen LogP contribution in [-0.4, -0.2) is 37.7 Å². The lowest BCUT2D eigenvalue weighted by Crippen LogP contribution is -2.27. The molecule has 0 unspecified atom stereocenters. The molecule has 0 aliphatic heterocycles. The fourth-order valence-electron chi connectivity index (χ4n) is 1.73. The molecule has 0 spiro atoms. The first kappa shape index (κ1) is 19.7. The minimum atomic E-state index is -3.68. The van der Waals surface area contributed by atoms with Crippen molar-refractivity contribution in [1.82, 2.24) is 14.9 Å². The summed E-state index contributed by atoms with van der Waals surface area (Å²) in [5.41, 5.74) is 0. The molecule has 2 rings (SSSR count). The van der Waals surface area contributed by atoms with Gasteiger partial charge in [0.25, 0.3) is 0 Å². The second kappa shape index (κ2) is 9.20. The molecule has 0 fully saturated rings. The van der Waals surface area contributed by atoms with Gasteiger partial charge in [-0.05, 0) is 31.2 Å². The number of hydrogen-bond donors (Lipinski definition) is 2. The van der Waals surface area contributed by atoms with E-state index in [0.29, 0.717) is 28.4 Å². The number of sulfonamides is 1. The minimum Gasteiger partial charge on any atom is -0.374 e. The summed E-state index contributed by atoms with van der Waals surface area (Å²) in [6.07, 6.45) is -0.0345. The Kier molecular flexibility index (Phi) is 7.26. The molecule has 2 N–H and O–H groups in total. The molecule has 1 heterocycles. The zero-order valence-corrected chi connectivity index (χ0v) is 15.7. The second-order valence-corrected chi connectivity index (χ2v) is 8.05. The Morgan fingerprint density at radius 2 is 2.00 bits per heavy atom. The number of benzene rings is 1. The summed E-state index contributed by atoms with van der Waals surface area (Å²) in [6.45, 7) is 2.73. The Hall–Kier alpha value is -1.59. The summed E-state index contributed by atoms with van der Waals surface area (Å²) in [4.78, 5) is 11.9. The van der Waals surface area contributed by atoms with Gasteiger partial charge in [-0.3, -0.25) is 4.79 Å². The number of hydrogen-bond acceptors (Lipinski definition) is 7. The van der Waals surface area contributed by atoms with Crippen LogP contribution >= 0.6 is 22.9 Å². The van der Waals surface area contributed by atoms with Gasteiger partial charge in [0.2, 0.25) is 21.1 Å². The van der Waals surface area contributed by atoms with Crippen LogP contribution in [0.3, 0.4) is 0 Å². The molecule has 0 saturated carbocycles. The second-order valence-electron chi connectivity index (χ2n) is 4.79. The molecule has 0 saturated heterocycles. The topological polar surface area (TPSA) is 110 Å². The van der Waals surface area contributed by atoms with E-state index in [1.54, 1.807) is 0 Å². The molecule has 1 aromatic carbocycles. The molecule has 25 heavy (non-hydrogen) atoms. The smallest absolute Gasteiger partial charge is 0.240 e. The third kappa shape index (κ3) is 6.33. The first-order chi connectivity index (χ1) is 11.9. The van der Waals surface area contributed by atoms with Crippen molar-refractivity contribution in [2.24, 2.45) is 0 Å². The summed E-state index contributed by atoms with van der Waals surface area (Å²) in [5, 5.41) is 11.7. The predicted octanol–water partition coefficient (Wildman–Crippen LogP) is 2.04. The summed E-state index contributed by atoms with van der Waals surface area (Å²) in [6, 6.07) is 5.76. The van der Waals surface area contributed by atoms with E-state index in [4.69, 9.17) is 16.3 Å². The third-order valence-electron chi connectivity index (χ3n) is 2.91. The molecule has 11 heteroatoms. The van der Waals surface area contributed by atoms with Crippen LogP contribution in [0.1, 0.15) is 18.4 Å². The van der Waals surface area contributed by atoms with E-state index in [-0.39, 0.29) is 23.8 Å². The molecular weight excluding hydrogens is 388 g/mol. The highest BCUT2D eigenvalue weighted by Gasteiger charge is 2.14. The maximum atomic E-state index is 12.1. The number of ether oxygens (including phenoxy) is 1. The van der Waals surface area contributed by atoms with Crippen molar-refractivity contribution in [3.8, 4) is 0 Å². The monoisotopic (exact) mass is 404 g/mol. The molecule has 1 aromatic heterocycles. The number of halogens is 1. The highest BCUT2D eigenvalue weighted by molar-refractivity contribution is 7.89. The van der Waals surface area contributed by atoms with Gasteiger partial charge in [0.05, 0.1) is 4.90 Å². The molecule has 8 nitrogen and oxygen atoms in total. The van der Waals surface area contributed by atoms with Gasteiger partial charge in [0.1, 0.15) is 11.6 Å². The fraction of sp³-hybridized carbons (Fsp3) is 0.357. The highest BCUT2D eigenvalue weighted by Crippen LogP contribution is 2.16. The number of aromatic nitrogens is 2. The number of nitrogens with one attached hydrogen (secondary N) is 2. The average molecular weight is 405 g/mol. The Balaban J connectivity index is 1.80. The average Bonchev–Trinajstić information content (AvgIpc) is 3.00. The molecular formula is C14H17ClN4O4S2. The minimum absolute atomic E-state index is 0.0345. The largest absolute Gasteiger partial charge is 0.374 e. The van der Waals surface area contributed by atoms with E-state index in [0.717, 1.165) is 0 Å². The van der Waals surface area contributed by atoms with Gasteiger partial charge in [0, 0.05) is 24.6 Å². The summed E-state index contributed by atoms with van der Waals surface area (Å²) in [5.74, 6) is -0.363. The van der Waals surface area contributed by atoms with Gasteiger partial charge >= 0.3 is 0 Å². The molecule has 0 radical (unpaired) electrons. The maximum absolute atomic E-state index is 12.1. The number of nitrogens with zero attached hydrogens (tertiary/aromatic N) is 2. The number of carbonyl (C=O) groups excluding carboxylic acids is 1. The van der Waals surface area contributed by atoms with Crippen LogP contribution in [0.15, 0.2) is 29.2 Å². The van der Waals surface area contributed by atoms with Crippen molar-refractivity contribution in [2.75, 3.05) is 18.5 Å². The van der Waals surface area contributed by atoms with E-state index in [1.807, 2.05) is 6.92 Å². The normalized spacial score (nSPS) is 11.4. The summed E-state index contributed by atoms with van der Waals surface area (Å²) < 4.78 is 31.7. The van der Waals surface area contributed by atoms with Crippen molar-refractivity contribution in [2.45, 2.75) is 24.8 Å². The predicted molar refractivity (Wildman–Crippen MR) is 95.1 cm³/mol. The van der Waals surface area contributed by atoms with Gasteiger partial charge < -0.3 is 10.1 Å². The lowest BCUT2D eigenvalue weighted by atomic mass is 10.4. The Labute approximate surface area is 154 Å². The summed E-state index contributed by atoms with van der Waals surface area (Å²) in [7, 11) is -3.68. The van der Waals surface area contributed by atoms with E-state index in [1.165, 1.54) is 35.6 Å². The number of amides is 1. The lowest BCUT2D eigenvalue weighted by molar-refractivity contribution is -0.116. The van der Waals surface area contributed by atoms with Gasteiger partial charge in [-0.25, -0.2) is 13.1 Å². The zero-order chi connectivity index (χ0) is 18.3. The van der Waals surface area contributed by atoms with Crippen LogP contribution in [0.5, 0.6) is 0 Å². The lowest BCUT2D eigenvalue weighted by Gasteiger charge is -2.06. The van der Waals surface area contributed by atoms with Crippen molar-refractivity contribution < 1.29 is 17.9 Å². The first-order valence-corrected chi connectivity index (χ1v) is 10.0. The number of rotatable bonds is 9. The van der Waals surface area contributed by atoms with Gasteiger partial charge in [0.15, 0.2) is 0 Å². The molecule has 0 atom stereocenters. The van der Waals surface area contributed by atoms with Gasteiger partial charge in [-0.1, -0.05) is 22.9 Å². The van der Waals surface area contributed by atoms with Crippen LogP contribution in [0.2, 0.25) is 5.02 Å². The van der Waals surface area contributed by atoms with Crippen LogP contribution in [0.4, 0.5) is 5.13 Å². The maximum Gasteiger partial charge on any atom is 0.240 e. The molecule has 1 amide bonds. The quantitative estimate of drug-likeness (QED) is 0.661. The van der Waals surface area contributed by atoms with Crippen molar-refractivity contribution in [3.05, 3.63) is 34.3 Å². The van der Waals surface area contributed by atoms with Crippen LogP contribution in [0.25, 0.3) is 0 Å². The fourth-order valence-corrected chi connectivity index (χ4v) is 3.58. The van der Waals surface area contributed by atoms with E-state index >= 15 is 0 Å². The number of anilines is 1. The molecule has 0 aliphatic carbocycles. The zero-order valence-electron chi connectivity index (χ0n) is 13.4. The summed E-state index contributed by atoms with van der Waals surface area (Å²) >= 11 is 6.94. The number of carbonyl (C=O) groups is 1.